The van der Waals surface area contributed by atoms with Gasteiger partial charge in [0.2, 0.25) is 0 Å². The predicted molar refractivity (Wildman–Crippen MR) is 61.8 cm³/mol. The molecule has 0 bridgehead atoms. The Morgan fingerprint density at radius 1 is 1.24 bits per heavy atom. The maximum atomic E-state index is 12.6. The number of alkyl halides is 3. The van der Waals surface area contributed by atoms with Gasteiger partial charge in [-0.05, 0) is 31.4 Å². The molecular formula is C14H15F3. The first-order valence-electron chi connectivity index (χ1n) is 5.67. The molecule has 0 aliphatic heterocycles. The minimum absolute atomic E-state index is 0.245. The molecule has 1 aliphatic carbocycles. The van der Waals surface area contributed by atoms with E-state index < -0.39 is 11.7 Å². The maximum Gasteiger partial charge on any atom is 0.416 e. The number of benzene rings is 1. The highest BCUT2D eigenvalue weighted by atomic mass is 19.4. The molecule has 0 nitrogen and oxygen atoms in total. The molecule has 0 saturated carbocycles. The average molecular weight is 240 g/mol. The Morgan fingerprint density at radius 3 is 2.47 bits per heavy atom. The van der Waals surface area contributed by atoms with Gasteiger partial charge in [0.1, 0.15) is 0 Å². The van der Waals surface area contributed by atoms with E-state index in [1.807, 2.05) is 13.8 Å². The summed E-state index contributed by atoms with van der Waals surface area (Å²) in [5.74, 6) is 0. The Balaban J connectivity index is 2.41. The molecule has 0 spiro atoms. The Bertz CT molecular complexity index is 457. The molecule has 0 fully saturated rings. The van der Waals surface area contributed by atoms with Crippen LogP contribution in [0.25, 0.3) is 0 Å². The molecule has 0 amide bonds. The molecule has 92 valence electrons. The zero-order chi connectivity index (χ0) is 12.7. The molecule has 1 aromatic carbocycles. The van der Waals surface area contributed by atoms with Crippen molar-refractivity contribution in [2.24, 2.45) is 0 Å². The first-order valence-corrected chi connectivity index (χ1v) is 5.67. The summed E-state index contributed by atoms with van der Waals surface area (Å²) in [5.41, 5.74) is 1.20. The van der Waals surface area contributed by atoms with E-state index in [-0.39, 0.29) is 5.41 Å². The van der Waals surface area contributed by atoms with Crippen molar-refractivity contribution in [2.45, 2.75) is 38.3 Å². The van der Waals surface area contributed by atoms with Gasteiger partial charge >= 0.3 is 6.18 Å². The summed E-state index contributed by atoms with van der Waals surface area (Å²) in [6.07, 6.45) is -0.320. The maximum absolute atomic E-state index is 12.6. The highest BCUT2D eigenvalue weighted by Gasteiger charge is 2.34. The van der Waals surface area contributed by atoms with Crippen molar-refractivity contribution >= 4 is 0 Å². The molecule has 17 heavy (non-hydrogen) atoms. The van der Waals surface area contributed by atoms with E-state index in [9.17, 15) is 13.2 Å². The minimum atomic E-state index is -4.26. The van der Waals surface area contributed by atoms with Crippen LogP contribution in [0.15, 0.2) is 35.9 Å². The predicted octanol–water partition coefficient (Wildman–Crippen LogP) is 4.70. The van der Waals surface area contributed by atoms with E-state index in [0.29, 0.717) is 0 Å². The van der Waals surface area contributed by atoms with Crippen LogP contribution in [-0.2, 0) is 11.6 Å². The van der Waals surface area contributed by atoms with Crippen molar-refractivity contribution in [1.82, 2.24) is 0 Å². The largest absolute Gasteiger partial charge is 0.416 e. The smallest absolute Gasteiger partial charge is 0.166 e. The molecule has 0 saturated heterocycles. The van der Waals surface area contributed by atoms with Gasteiger partial charge in [-0.2, -0.15) is 13.2 Å². The van der Waals surface area contributed by atoms with Crippen LogP contribution in [0.5, 0.6) is 0 Å². The van der Waals surface area contributed by atoms with Crippen LogP contribution in [0.1, 0.15) is 37.8 Å². The highest BCUT2D eigenvalue weighted by Crippen LogP contribution is 2.40. The van der Waals surface area contributed by atoms with Gasteiger partial charge < -0.3 is 0 Å². The standard InChI is InChI=1S/C14H15F3/c1-10-6-7-13(2,9-10)11-4-3-5-12(8-11)14(15,16)17/h3-5,8-9H,6-7H2,1-2H3/t13-/m1/s1. The normalized spacial score (nSPS) is 24.9. The zero-order valence-corrected chi connectivity index (χ0v) is 9.93. The van der Waals surface area contributed by atoms with Crippen molar-refractivity contribution in [3.05, 3.63) is 47.0 Å². The number of hydrogen-bond acceptors (Lipinski definition) is 0. The van der Waals surface area contributed by atoms with E-state index >= 15 is 0 Å². The van der Waals surface area contributed by atoms with Gasteiger partial charge in [0.25, 0.3) is 0 Å². The molecule has 0 unspecified atom stereocenters. The third kappa shape index (κ3) is 2.38. The Morgan fingerprint density at radius 2 is 1.94 bits per heavy atom. The van der Waals surface area contributed by atoms with Crippen molar-refractivity contribution < 1.29 is 13.2 Å². The molecule has 0 aromatic heterocycles. The summed E-state index contributed by atoms with van der Waals surface area (Å²) in [4.78, 5) is 0. The fourth-order valence-corrected chi connectivity index (χ4v) is 2.42. The van der Waals surface area contributed by atoms with Gasteiger partial charge in [-0.3, -0.25) is 0 Å². The van der Waals surface area contributed by atoms with Crippen molar-refractivity contribution in [1.29, 1.82) is 0 Å². The highest BCUT2D eigenvalue weighted by molar-refractivity contribution is 5.38. The first-order chi connectivity index (χ1) is 7.81. The van der Waals surface area contributed by atoms with Crippen LogP contribution < -0.4 is 0 Å². The molecule has 2 rings (SSSR count). The molecule has 0 radical (unpaired) electrons. The lowest BCUT2D eigenvalue weighted by Crippen LogP contribution is -2.17. The van der Waals surface area contributed by atoms with E-state index in [1.54, 1.807) is 6.07 Å². The van der Waals surface area contributed by atoms with E-state index in [0.717, 1.165) is 24.5 Å². The van der Waals surface area contributed by atoms with Crippen LogP contribution in [0, 0.1) is 0 Å². The summed E-state index contributed by atoms with van der Waals surface area (Å²) in [5, 5.41) is 0. The second-order valence-electron chi connectivity index (χ2n) is 4.99. The number of allylic oxidation sites excluding steroid dienone is 2. The lowest BCUT2D eigenvalue weighted by Gasteiger charge is -2.23. The number of halogens is 3. The van der Waals surface area contributed by atoms with Gasteiger partial charge in [0.15, 0.2) is 0 Å². The monoisotopic (exact) mass is 240 g/mol. The van der Waals surface area contributed by atoms with Gasteiger partial charge in [-0.1, -0.05) is 36.8 Å². The Kier molecular flexibility index (Phi) is 2.80. The van der Waals surface area contributed by atoms with E-state index in [1.165, 1.54) is 17.7 Å². The van der Waals surface area contributed by atoms with Crippen LogP contribution in [-0.4, -0.2) is 0 Å². The summed E-state index contributed by atoms with van der Waals surface area (Å²) in [6, 6.07) is 5.67. The van der Waals surface area contributed by atoms with Gasteiger partial charge in [0.05, 0.1) is 5.56 Å². The first kappa shape index (κ1) is 12.2. The SMILES string of the molecule is CC1=C[C@](C)(c2cccc(C(F)(F)F)c2)CC1. The van der Waals surface area contributed by atoms with Gasteiger partial charge in [-0.25, -0.2) is 0 Å². The van der Waals surface area contributed by atoms with Crippen LogP contribution in [0.2, 0.25) is 0 Å². The lowest BCUT2D eigenvalue weighted by molar-refractivity contribution is -0.137. The van der Waals surface area contributed by atoms with Crippen LogP contribution in [0.3, 0.4) is 0 Å². The molecule has 3 heteroatoms. The summed E-state index contributed by atoms with van der Waals surface area (Å²) in [6.45, 7) is 4.03. The number of rotatable bonds is 1. The van der Waals surface area contributed by atoms with Crippen molar-refractivity contribution in [3.8, 4) is 0 Å². The molecule has 0 N–H and O–H groups in total. The quantitative estimate of drug-likeness (QED) is 0.624. The number of hydrogen-bond donors (Lipinski definition) is 0. The Hall–Kier alpha value is -1.25. The van der Waals surface area contributed by atoms with Crippen LogP contribution >= 0.6 is 0 Å². The van der Waals surface area contributed by atoms with E-state index in [2.05, 4.69) is 6.08 Å². The fraction of sp³-hybridized carbons (Fsp3) is 0.429. The summed E-state index contributed by atoms with van der Waals surface area (Å²) >= 11 is 0. The molecule has 0 heterocycles. The minimum Gasteiger partial charge on any atom is -0.166 e. The molecule has 1 aromatic rings. The average Bonchev–Trinajstić information content (AvgIpc) is 2.59. The topological polar surface area (TPSA) is 0 Å². The molecule has 1 aliphatic rings. The van der Waals surface area contributed by atoms with Crippen molar-refractivity contribution in [3.63, 3.8) is 0 Å². The lowest BCUT2D eigenvalue weighted by atomic mass is 9.81. The molecular weight excluding hydrogens is 225 g/mol. The Labute approximate surface area is 99.2 Å². The van der Waals surface area contributed by atoms with E-state index in [4.69, 9.17) is 0 Å². The third-order valence-electron chi connectivity index (χ3n) is 3.45. The van der Waals surface area contributed by atoms with Gasteiger partial charge in [0, 0.05) is 5.41 Å². The second-order valence-corrected chi connectivity index (χ2v) is 4.99. The van der Waals surface area contributed by atoms with Gasteiger partial charge in [-0.15, -0.1) is 0 Å². The zero-order valence-electron chi connectivity index (χ0n) is 9.93. The molecule has 1 atom stereocenters. The summed E-state index contributed by atoms with van der Waals surface area (Å²) in [7, 11) is 0. The van der Waals surface area contributed by atoms with Crippen LogP contribution in [0.4, 0.5) is 13.2 Å². The second kappa shape index (κ2) is 3.90. The third-order valence-corrected chi connectivity index (χ3v) is 3.45. The van der Waals surface area contributed by atoms with Crippen molar-refractivity contribution in [2.75, 3.05) is 0 Å². The fourth-order valence-electron chi connectivity index (χ4n) is 2.42. The summed E-state index contributed by atoms with van der Waals surface area (Å²) < 4.78 is 37.9.